The van der Waals surface area contributed by atoms with Crippen LogP contribution in [0, 0.1) is 5.92 Å². The van der Waals surface area contributed by atoms with Crippen molar-refractivity contribution in [2.45, 2.75) is 30.5 Å². The predicted molar refractivity (Wildman–Crippen MR) is 73.2 cm³/mol. The SMILES string of the molecule is CCC(C)[C@@H](C=NO)NS(=O)(=O)c1ccc(Cl)s1. The van der Waals surface area contributed by atoms with Crippen LogP contribution in [0.5, 0.6) is 0 Å². The molecule has 1 aromatic heterocycles. The normalized spacial score (nSPS) is 15.9. The molecule has 0 spiro atoms. The zero-order chi connectivity index (χ0) is 13.8. The topological polar surface area (TPSA) is 78.8 Å². The number of rotatable bonds is 6. The van der Waals surface area contributed by atoms with Gasteiger partial charge in [0.15, 0.2) is 0 Å². The number of sulfonamides is 1. The number of nitrogens with one attached hydrogen (secondary N) is 1. The first-order valence-corrected chi connectivity index (χ1v) is 8.03. The summed E-state index contributed by atoms with van der Waals surface area (Å²) < 4.78 is 27.1. The lowest BCUT2D eigenvalue weighted by atomic mass is 10.0. The number of hydrogen-bond donors (Lipinski definition) is 2. The summed E-state index contributed by atoms with van der Waals surface area (Å²) in [6, 6.07) is 2.42. The lowest BCUT2D eigenvalue weighted by Crippen LogP contribution is -2.40. The van der Waals surface area contributed by atoms with Gasteiger partial charge in [-0.2, -0.15) is 0 Å². The first-order chi connectivity index (χ1) is 8.40. The minimum absolute atomic E-state index is 0.0195. The Kier molecular flexibility index (Phi) is 5.58. The third-order valence-corrected chi connectivity index (χ3v) is 5.77. The van der Waals surface area contributed by atoms with Crippen LogP contribution in [0.25, 0.3) is 0 Å². The zero-order valence-electron chi connectivity index (χ0n) is 10.00. The quantitative estimate of drug-likeness (QED) is 0.481. The van der Waals surface area contributed by atoms with E-state index in [4.69, 9.17) is 16.8 Å². The minimum atomic E-state index is -3.63. The van der Waals surface area contributed by atoms with Gasteiger partial charge < -0.3 is 5.21 Å². The molecule has 1 rings (SSSR count). The first-order valence-electron chi connectivity index (χ1n) is 5.36. The van der Waals surface area contributed by atoms with Crippen LogP contribution in [0.2, 0.25) is 4.34 Å². The molecule has 0 aliphatic rings. The van der Waals surface area contributed by atoms with Gasteiger partial charge in [0.25, 0.3) is 10.0 Å². The van der Waals surface area contributed by atoms with Crippen LogP contribution in [0.4, 0.5) is 0 Å². The molecular weight excluding hydrogens is 296 g/mol. The van der Waals surface area contributed by atoms with E-state index in [-0.39, 0.29) is 10.1 Å². The number of halogens is 1. The van der Waals surface area contributed by atoms with Crippen molar-refractivity contribution in [1.82, 2.24) is 4.72 Å². The summed E-state index contributed by atoms with van der Waals surface area (Å²) in [6.45, 7) is 3.80. The van der Waals surface area contributed by atoms with Gasteiger partial charge in [-0.05, 0) is 18.1 Å². The van der Waals surface area contributed by atoms with Crippen molar-refractivity contribution in [3.63, 3.8) is 0 Å². The monoisotopic (exact) mass is 310 g/mol. The number of nitrogens with zero attached hydrogens (tertiary/aromatic N) is 1. The van der Waals surface area contributed by atoms with Crippen LogP contribution >= 0.6 is 22.9 Å². The lowest BCUT2D eigenvalue weighted by molar-refractivity contribution is 0.317. The van der Waals surface area contributed by atoms with Crippen molar-refractivity contribution in [2.24, 2.45) is 11.1 Å². The summed E-state index contributed by atoms with van der Waals surface area (Å²) in [5.41, 5.74) is 0. The van der Waals surface area contributed by atoms with Crippen LogP contribution in [0.1, 0.15) is 20.3 Å². The number of oxime groups is 1. The molecule has 18 heavy (non-hydrogen) atoms. The molecule has 2 atom stereocenters. The molecule has 2 N–H and O–H groups in total. The zero-order valence-corrected chi connectivity index (χ0v) is 12.4. The van der Waals surface area contributed by atoms with Crippen molar-refractivity contribution in [1.29, 1.82) is 0 Å². The van der Waals surface area contributed by atoms with E-state index >= 15 is 0 Å². The fraction of sp³-hybridized carbons (Fsp3) is 0.500. The van der Waals surface area contributed by atoms with E-state index in [1.54, 1.807) is 0 Å². The highest BCUT2D eigenvalue weighted by Gasteiger charge is 2.24. The van der Waals surface area contributed by atoms with Gasteiger partial charge in [-0.15, -0.1) is 16.5 Å². The molecule has 1 unspecified atom stereocenters. The Morgan fingerprint density at radius 2 is 2.28 bits per heavy atom. The van der Waals surface area contributed by atoms with E-state index in [1.807, 2.05) is 13.8 Å². The Bertz CT molecular complexity index is 513. The molecular formula is C10H15ClN2O3S2. The van der Waals surface area contributed by atoms with Crippen molar-refractivity contribution in [2.75, 3.05) is 0 Å². The fourth-order valence-electron chi connectivity index (χ4n) is 1.30. The van der Waals surface area contributed by atoms with Crippen LogP contribution in [-0.2, 0) is 10.0 Å². The summed E-state index contributed by atoms with van der Waals surface area (Å²) in [6.07, 6.45) is 1.94. The molecule has 1 aromatic rings. The van der Waals surface area contributed by atoms with Gasteiger partial charge in [0.05, 0.1) is 16.6 Å². The van der Waals surface area contributed by atoms with Gasteiger partial charge in [0, 0.05) is 0 Å². The van der Waals surface area contributed by atoms with E-state index in [1.165, 1.54) is 18.3 Å². The van der Waals surface area contributed by atoms with Crippen LogP contribution in [0.15, 0.2) is 21.5 Å². The molecule has 0 bridgehead atoms. The lowest BCUT2D eigenvalue weighted by Gasteiger charge is -2.19. The third-order valence-electron chi connectivity index (χ3n) is 2.59. The molecule has 0 saturated carbocycles. The van der Waals surface area contributed by atoms with Gasteiger partial charge in [-0.1, -0.05) is 31.9 Å². The molecule has 0 saturated heterocycles. The molecule has 0 radical (unpaired) electrons. The minimum Gasteiger partial charge on any atom is -0.411 e. The van der Waals surface area contributed by atoms with E-state index < -0.39 is 16.1 Å². The van der Waals surface area contributed by atoms with E-state index in [0.29, 0.717) is 4.34 Å². The van der Waals surface area contributed by atoms with Gasteiger partial charge in [0.1, 0.15) is 4.21 Å². The largest absolute Gasteiger partial charge is 0.411 e. The number of hydrogen-bond acceptors (Lipinski definition) is 5. The Morgan fingerprint density at radius 1 is 1.61 bits per heavy atom. The Morgan fingerprint density at radius 3 is 2.72 bits per heavy atom. The van der Waals surface area contributed by atoms with Crippen molar-refractivity contribution >= 4 is 39.2 Å². The summed E-state index contributed by atoms with van der Waals surface area (Å²) in [4.78, 5) is 0. The molecule has 0 amide bonds. The second-order valence-corrected chi connectivity index (χ2v) is 7.51. The third kappa shape index (κ3) is 3.94. The van der Waals surface area contributed by atoms with E-state index in [2.05, 4.69) is 9.88 Å². The summed E-state index contributed by atoms with van der Waals surface area (Å²) in [5.74, 6) is 0.0195. The second-order valence-electron chi connectivity index (χ2n) is 3.86. The molecule has 0 fully saturated rings. The molecule has 102 valence electrons. The van der Waals surface area contributed by atoms with Crippen molar-refractivity contribution in [3.8, 4) is 0 Å². The average molecular weight is 311 g/mol. The van der Waals surface area contributed by atoms with Crippen LogP contribution < -0.4 is 4.72 Å². The predicted octanol–water partition coefficient (Wildman–Crippen LogP) is 2.55. The van der Waals surface area contributed by atoms with Crippen molar-refractivity contribution in [3.05, 3.63) is 16.5 Å². The fourth-order valence-corrected chi connectivity index (χ4v) is 4.08. The maximum absolute atomic E-state index is 12.0. The highest BCUT2D eigenvalue weighted by Crippen LogP contribution is 2.25. The van der Waals surface area contributed by atoms with Gasteiger partial charge in [-0.3, -0.25) is 0 Å². The molecule has 0 aromatic carbocycles. The number of thiophene rings is 1. The smallest absolute Gasteiger partial charge is 0.250 e. The molecule has 5 nitrogen and oxygen atoms in total. The maximum atomic E-state index is 12.0. The van der Waals surface area contributed by atoms with Gasteiger partial charge in [-0.25, -0.2) is 13.1 Å². The highest BCUT2D eigenvalue weighted by molar-refractivity contribution is 7.91. The summed E-state index contributed by atoms with van der Waals surface area (Å²) >= 11 is 6.70. The highest BCUT2D eigenvalue weighted by atomic mass is 35.5. The Labute approximate surface area is 116 Å². The molecule has 0 aliphatic carbocycles. The summed E-state index contributed by atoms with van der Waals surface area (Å²) in [7, 11) is -3.63. The van der Waals surface area contributed by atoms with Crippen molar-refractivity contribution < 1.29 is 13.6 Å². The van der Waals surface area contributed by atoms with Gasteiger partial charge >= 0.3 is 0 Å². The summed E-state index contributed by atoms with van der Waals surface area (Å²) in [5, 5.41) is 11.5. The maximum Gasteiger partial charge on any atom is 0.250 e. The van der Waals surface area contributed by atoms with E-state index in [9.17, 15) is 8.42 Å². The molecule has 8 heteroatoms. The Balaban J connectivity index is 2.92. The molecule has 0 aliphatic heterocycles. The second kappa shape index (κ2) is 6.51. The van der Waals surface area contributed by atoms with Crippen LogP contribution in [0.3, 0.4) is 0 Å². The van der Waals surface area contributed by atoms with Gasteiger partial charge in [0.2, 0.25) is 0 Å². The first kappa shape index (κ1) is 15.4. The van der Waals surface area contributed by atoms with E-state index in [0.717, 1.165) is 17.8 Å². The molecule has 1 heterocycles. The Hall–Kier alpha value is -0.630. The van der Waals surface area contributed by atoms with Crippen LogP contribution in [-0.4, -0.2) is 25.9 Å². The standard InChI is InChI=1S/C10H15ClN2O3S2/c1-3-7(2)8(6-12-14)13-18(15,16)10-5-4-9(11)17-10/h4-8,13-14H,3H2,1-2H3/t7?,8-/m1/s1. The average Bonchev–Trinajstić information content (AvgIpc) is 2.75.